The lowest BCUT2D eigenvalue weighted by Gasteiger charge is -2.23. The maximum Gasteiger partial charge on any atom is 0.109 e. The molecule has 0 fully saturated rings. The van der Waals surface area contributed by atoms with Crippen LogP contribution < -0.4 is 0 Å². The third-order valence-electron chi connectivity index (χ3n) is 2.37. The molecule has 0 amide bonds. The van der Waals surface area contributed by atoms with Crippen LogP contribution in [0.15, 0.2) is 42.5 Å². The van der Waals surface area contributed by atoms with Gasteiger partial charge in [0.15, 0.2) is 0 Å². The third-order valence-corrected chi connectivity index (χ3v) is 2.37. The smallest absolute Gasteiger partial charge is 0.109 e. The van der Waals surface area contributed by atoms with Crippen molar-refractivity contribution in [3.05, 3.63) is 48.0 Å². The van der Waals surface area contributed by atoms with E-state index in [9.17, 15) is 5.11 Å². The van der Waals surface area contributed by atoms with Gasteiger partial charge in [-0.15, -0.1) is 0 Å². The van der Waals surface area contributed by atoms with Gasteiger partial charge in [-0.3, -0.25) is 0 Å². The van der Waals surface area contributed by atoms with E-state index in [-0.39, 0.29) is 6.10 Å². The van der Waals surface area contributed by atoms with E-state index in [1.54, 1.807) is 0 Å². The van der Waals surface area contributed by atoms with Gasteiger partial charge < -0.3 is 9.84 Å². The predicted octanol–water partition coefficient (Wildman–Crippen LogP) is 2.07. The molecular formula is C12H14O2. The van der Waals surface area contributed by atoms with E-state index in [2.05, 4.69) is 6.08 Å². The van der Waals surface area contributed by atoms with Crippen molar-refractivity contribution in [3.63, 3.8) is 0 Å². The summed E-state index contributed by atoms with van der Waals surface area (Å²) < 4.78 is 5.46. The average Bonchev–Trinajstić information content (AvgIpc) is 2.30. The average molecular weight is 190 g/mol. The van der Waals surface area contributed by atoms with Gasteiger partial charge in [-0.2, -0.15) is 0 Å². The summed E-state index contributed by atoms with van der Waals surface area (Å²) in [5.41, 5.74) is 0.907. The van der Waals surface area contributed by atoms with E-state index in [4.69, 9.17) is 4.74 Å². The fourth-order valence-electron chi connectivity index (χ4n) is 1.59. The Kier molecular flexibility index (Phi) is 2.96. The van der Waals surface area contributed by atoms with Gasteiger partial charge in [0.1, 0.15) is 12.2 Å². The van der Waals surface area contributed by atoms with Crippen molar-refractivity contribution >= 4 is 0 Å². The molecule has 0 bridgehead atoms. The van der Waals surface area contributed by atoms with Crippen molar-refractivity contribution in [2.24, 2.45) is 0 Å². The van der Waals surface area contributed by atoms with Crippen molar-refractivity contribution in [3.8, 4) is 0 Å². The van der Waals surface area contributed by atoms with Crippen molar-refractivity contribution < 1.29 is 9.84 Å². The molecule has 0 saturated heterocycles. The Morgan fingerprint density at radius 2 is 2.07 bits per heavy atom. The zero-order valence-electron chi connectivity index (χ0n) is 7.97. The topological polar surface area (TPSA) is 29.5 Å². The fraction of sp³-hybridized carbons (Fsp3) is 0.333. The van der Waals surface area contributed by atoms with Gasteiger partial charge in [-0.1, -0.05) is 42.5 Å². The summed E-state index contributed by atoms with van der Waals surface area (Å²) in [7, 11) is 0. The lowest BCUT2D eigenvalue weighted by Crippen LogP contribution is -2.22. The summed E-state index contributed by atoms with van der Waals surface area (Å²) in [4.78, 5) is 0. The van der Waals surface area contributed by atoms with Gasteiger partial charge in [-0.05, 0) is 12.0 Å². The van der Waals surface area contributed by atoms with E-state index in [0.29, 0.717) is 6.61 Å². The zero-order valence-corrected chi connectivity index (χ0v) is 7.97. The van der Waals surface area contributed by atoms with Crippen LogP contribution in [0.25, 0.3) is 0 Å². The van der Waals surface area contributed by atoms with E-state index in [1.807, 2.05) is 36.4 Å². The highest BCUT2D eigenvalue weighted by atomic mass is 16.5. The zero-order chi connectivity index (χ0) is 9.80. The minimum atomic E-state index is -0.548. The highest BCUT2D eigenvalue weighted by molar-refractivity contribution is 5.20. The molecule has 2 heteroatoms. The normalized spacial score (nSPS) is 23.4. The molecule has 0 spiro atoms. The first-order chi connectivity index (χ1) is 6.88. The summed E-state index contributed by atoms with van der Waals surface area (Å²) >= 11 is 0. The maximum absolute atomic E-state index is 9.97. The number of ether oxygens (including phenoxy) is 1. The van der Waals surface area contributed by atoms with Crippen LogP contribution in [-0.4, -0.2) is 17.8 Å². The van der Waals surface area contributed by atoms with Crippen LogP contribution in [0.5, 0.6) is 0 Å². The molecule has 14 heavy (non-hydrogen) atoms. The van der Waals surface area contributed by atoms with Crippen molar-refractivity contribution in [2.45, 2.75) is 18.6 Å². The predicted molar refractivity (Wildman–Crippen MR) is 54.9 cm³/mol. The highest BCUT2D eigenvalue weighted by Crippen LogP contribution is 2.21. The van der Waals surface area contributed by atoms with E-state index >= 15 is 0 Å². The van der Waals surface area contributed by atoms with Crippen LogP contribution in [0.1, 0.15) is 18.1 Å². The SMILES string of the molecule is OC(c1ccccc1)C1C=CCCO1. The molecule has 0 saturated carbocycles. The molecule has 1 heterocycles. The van der Waals surface area contributed by atoms with Crippen LogP contribution in [0.2, 0.25) is 0 Å². The van der Waals surface area contributed by atoms with Gasteiger partial charge in [0, 0.05) is 0 Å². The molecule has 1 aromatic rings. The van der Waals surface area contributed by atoms with Crippen LogP contribution in [-0.2, 0) is 4.74 Å². The molecule has 0 aliphatic carbocycles. The molecule has 2 unspecified atom stereocenters. The molecule has 74 valence electrons. The standard InChI is InChI=1S/C12H14O2/c13-12(10-6-2-1-3-7-10)11-8-4-5-9-14-11/h1-4,6-8,11-13H,5,9H2. The number of rotatable bonds is 2. The largest absolute Gasteiger partial charge is 0.385 e. The van der Waals surface area contributed by atoms with Gasteiger partial charge >= 0.3 is 0 Å². The molecule has 1 aliphatic rings. The Balaban J connectivity index is 2.11. The number of hydrogen-bond acceptors (Lipinski definition) is 2. The van der Waals surface area contributed by atoms with Crippen LogP contribution in [0.3, 0.4) is 0 Å². The van der Waals surface area contributed by atoms with Crippen LogP contribution in [0.4, 0.5) is 0 Å². The fourth-order valence-corrected chi connectivity index (χ4v) is 1.59. The first-order valence-electron chi connectivity index (χ1n) is 4.89. The van der Waals surface area contributed by atoms with Gasteiger partial charge in [0.2, 0.25) is 0 Å². The number of benzene rings is 1. The third kappa shape index (κ3) is 2.03. The molecule has 1 aromatic carbocycles. The summed E-state index contributed by atoms with van der Waals surface area (Å²) in [6, 6.07) is 9.61. The van der Waals surface area contributed by atoms with Crippen molar-refractivity contribution in [1.29, 1.82) is 0 Å². The van der Waals surface area contributed by atoms with Gasteiger partial charge in [0.25, 0.3) is 0 Å². The Labute approximate surface area is 83.8 Å². The summed E-state index contributed by atoms with van der Waals surface area (Å²) in [5, 5.41) is 9.97. The van der Waals surface area contributed by atoms with E-state index in [0.717, 1.165) is 12.0 Å². The Bertz CT molecular complexity index is 305. The molecule has 1 N–H and O–H groups in total. The molecule has 0 radical (unpaired) electrons. The lowest BCUT2D eigenvalue weighted by molar-refractivity contribution is -0.0151. The summed E-state index contributed by atoms with van der Waals surface area (Å²) in [6.07, 6.45) is 4.19. The number of hydrogen-bond donors (Lipinski definition) is 1. The molecular weight excluding hydrogens is 176 g/mol. The van der Waals surface area contributed by atoms with Crippen LogP contribution in [0, 0.1) is 0 Å². The second-order valence-electron chi connectivity index (χ2n) is 3.41. The van der Waals surface area contributed by atoms with Crippen LogP contribution >= 0.6 is 0 Å². The van der Waals surface area contributed by atoms with Crippen molar-refractivity contribution in [1.82, 2.24) is 0 Å². The quantitative estimate of drug-likeness (QED) is 0.723. The second-order valence-corrected chi connectivity index (χ2v) is 3.41. The minimum Gasteiger partial charge on any atom is -0.385 e. The molecule has 2 atom stereocenters. The van der Waals surface area contributed by atoms with E-state index in [1.165, 1.54) is 0 Å². The first kappa shape index (κ1) is 9.44. The number of aliphatic hydroxyl groups excluding tert-OH is 1. The summed E-state index contributed by atoms with van der Waals surface area (Å²) in [6.45, 7) is 0.699. The second kappa shape index (κ2) is 4.40. The molecule has 2 nitrogen and oxygen atoms in total. The Morgan fingerprint density at radius 1 is 1.29 bits per heavy atom. The summed E-state index contributed by atoms with van der Waals surface area (Å²) in [5.74, 6) is 0. The molecule has 0 aromatic heterocycles. The maximum atomic E-state index is 9.97. The Hall–Kier alpha value is -1.12. The monoisotopic (exact) mass is 190 g/mol. The molecule has 2 rings (SSSR count). The van der Waals surface area contributed by atoms with Crippen molar-refractivity contribution in [2.75, 3.05) is 6.61 Å². The first-order valence-corrected chi connectivity index (χ1v) is 4.89. The van der Waals surface area contributed by atoms with Gasteiger partial charge in [0.05, 0.1) is 6.61 Å². The van der Waals surface area contributed by atoms with Gasteiger partial charge in [-0.25, -0.2) is 0 Å². The highest BCUT2D eigenvalue weighted by Gasteiger charge is 2.19. The van der Waals surface area contributed by atoms with E-state index < -0.39 is 6.10 Å². The minimum absolute atomic E-state index is 0.189. The Morgan fingerprint density at radius 3 is 2.71 bits per heavy atom. The molecule has 1 aliphatic heterocycles. The lowest BCUT2D eigenvalue weighted by atomic mass is 10.0. The number of aliphatic hydroxyl groups is 1.